The van der Waals surface area contributed by atoms with Crippen molar-refractivity contribution in [2.45, 2.75) is 6.92 Å². The van der Waals surface area contributed by atoms with Crippen molar-refractivity contribution in [1.29, 1.82) is 0 Å². The van der Waals surface area contributed by atoms with Crippen molar-refractivity contribution in [3.05, 3.63) is 55.6 Å². The van der Waals surface area contributed by atoms with Crippen LogP contribution in [0, 0.1) is 10.5 Å². The Hall–Kier alpha value is -1.08. The lowest BCUT2D eigenvalue weighted by atomic mass is 10.1. The molecular weight excluding hydrogens is 419 g/mol. The molecule has 0 aliphatic rings. The highest BCUT2D eigenvalue weighted by atomic mass is 127. The maximum absolute atomic E-state index is 12.2. The molecular formula is C14H12BrIN2O. The van der Waals surface area contributed by atoms with Gasteiger partial charge in [0.25, 0.3) is 5.91 Å². The zero-order chi connectivity index (χ0) is 14.0. The number of nitrogens with two attached hydrogens (primary N) is 1. The Labute approximate surface area is 133 Å². The zero-order valence-electron chi connectivity index (χ0n) is 10.2. The van der Waals surface area contributed by atoms with E-state index in [1.165, 1.54) is 0 Å². The third kappa shape index (κ3) is 3.27. The molecule has 2 rings (SSSR count). The highest BCUT2D eigenvalue weighted by Gasteiger charge is 2.13. The van der Waals surface area contributed by atoms with E-state index in [4.69, 9.17) is 5.73 Å². The predicted octanol–water partition coefficient (Wildman–Crippen LogP) is 4.20. The summed E-state index contributed by atoms with van der Waals surface area (Å²) in [4.78, 5) is 12.2. The van der Waals surface area contributed by atoms with Crippen molar-refractivity contribution in [3.8, 4) is 0 Å². The Balaban J connectivity index is 2.32. The summed E-state index contributed by atoms with van der Waals surface area (Å²) in [6.45, 7) is 1.95. The van der Waals surface area contributed by atoms with Crippen LogP contribution in [0.4, 0.5) is 11.4 Å². The minimum Gasteiger partial charge on any atom is -0.397 e. The molecule has 0 aromatic heterocycles. The fourth-order valence-electron chi connectivity index (χ4n) is 1.73. The van der Waals surface area contributed by atoms with Gasteiger partial charge in [0.2, 0.25) is 0 Å². The minimum absolute atomic E-state index is 0.166. The second kappa shape index (κ2) is 5.92. The highest BCUT2D eigenvalue weighted by Crippen LogP contribution is 2.30. The Kier molecular flexibility index (Phi) is 4.46. The second-order valence-electron chi connectivity index (χ2n) is 4.14. The molecule has 2 aromatic rings. The summed E-state index contributed by atoms with van der Waals surface area (Å²) in [5.74, 6) is -0.166. The molecule has 0 unspecified atom stereocenters. The number of benzene rings is 2. The first-order valence-electron chi connectivity index (χ1n) is 5.60. The molecule has 0 heterocycles. The van der Waals surface area contributed by atoms with Gasteiger partial charge in [-0.1, -0.05) is 12.1 Å². The van der Waals surface area contributed by atoms with Gasteiger partial charge in [-0.2, -0.15) is 0 Å². The van der Waals surface area contributed by atoms with Crippen molar-refractivity contribution < 1.29 is 4.79 Å². The SMILES string of the molecule is Cc1cc(N)c(NC(=O)c2ccccc2I)c(Br)c1. The van der Waals surface area contributed by atoms with E-state index in [9.17, 15) is 4.79 Å². The molecule has 0 aliphatic heterocycles. The number of hydrogen-bond acceptors (Lipinski definition) is 2. The van der Waals surface area contributed by atoms with Crippen molar-refractivity contribution in [1.82, 2.24) is 0 Å². The van der Waals surface area contributed by atoms with Crippen LogP contribution in [0.5, 0.6) is 0 Å². The lowest BCUT2D eigenvalue weighted by Crippen LogP contribution is -2.15. The van der Waals surface area contributed by atoms with E-state index in [1.807, 2.05) is 37.3 Å². The quantitative estimate of drug-likeness (QED) is 0.554. The largest absolute Gasteiger partial charge is 0.397 e. The summed E-state index contributed by atoms with van der Waals surface area (Å²) in [5.41, 5.74) is 8.77. The van der Waals surface area contributed by atoms with Crippen LogP contribution in [0.1, 0.15) is 15.9 Å². The van der Waals surface area contributed by atoms with Gasteiger partial charge in [0.1, 0.15) is 0 Å². The van der Waals surface area contributed by atoms with E-state index in [2.05, 4.69) is 43.8 Å². The van der Waals surface area contributed by atoms with Gasteiger partial charge in [-0.05, 0) is 75.3 Å². The van der Waals surface area contributed by atoms with Crippen LogP contribution >= 0.6 is 38.5 Å². The number of carbonyl (C=O) groups is 1. The molecule has 1 amide bonds. The maximum Gasteiger partial charge on any atom is 0.256 e. The number of nitrogen functional groups attached to an aromatic ring is 1. The van der Waals surface area contributed by atoms with Gasteiger partial charge in [-0.15, -0.1) is 0 Å². The van der Waals surface area contributed by atoms with Crippen LogP contribution in [0.3, 0.4) is 0 Å². The highest BCUT2D eigenvalue weighted by molar-refractivity contribution is 14.1. The molecule has 0 fully saturated rings. The first-order chi connectivity index (χ1) is 8.99. The van der Waals surface area contributed by atoms with Gasteiger partial charge in [0.15, 0.2) is 0 Å². The lowest BCUT2D eigenvalue weighted by molar-refractivity contribution is 0.102. The normalized spacial score (nSPS) is 10.3. The first-order valence-corrected chi connectivity index (χ1v) is 7.47. The summed E-state index contributed by atoms with van der Waals surface area (Å²) >= 11 is 5.56. The summed E-state index contributed by atoms with van der Waals surface area (Å²) in [7, 11) is 0. The van der Waals surface area contributed by atoms with Crippen LogP contribution in [0.25, 0.3) is 0 Å². The number of halogens is 2. The lowest BCUT2D eigenvalue weighted by Gasteiger charge is -2.12. The van der Waals surface area contributed by atoms with Gasteiger partial charge >= 0.3 is 0 Å². The Bertz CT molecular complexity index is 620. The summed E-state index contributed by atoms with van der Waals surface area (Å²) in [5, 5.41) is 2.85. The third-order valence-corrected chi connectivity index (χ3v) is 4.19. The second-order valence-corrected chi connectivity index (χ2v) is 6.16. The molecule has 3 N–H and O–H groups in total. The number of carbonyl (C=O) groups excluding carboxylic acids is 1. The Morgan fingerprint density at radius 3 is 2.63 bits per heavy atom. The number of aryl methyl sites for hydroxylation is 1. The number of rotatable bonds is 2. The van der Waals surface area contributed by atoms with Crippen molar-refractivity contribution in [2.24, 2.45) is 0 Å². The molecule has 0 bridgehead atoms. The minimum atomic E-state index is -0.166. The van der Waals surface area contributed by atoms with Crippen molar-refractivity contribution in [3.63, 3.8) is 0 Å². The van der Waals surface area contributed by atoms with Crippen LogP contribution in [-0.4, -0.2) is 5.91 Å². The monoisotopic (exact) mass is 430 g/mol. The summed E-state index contributed by atoms with van der Waals surface area (Å²) < 4.78 is 1.68. The van der Waals surface area contributed by atoms with Gasteiger partial charge in [0, 0.05) is 8.04 Å². The molecule has 98 valence electrons. The molecule has 19 heavy (non-hydrogen) atoms. The average molecular weight is 431 g/mol. The van der Waals surface area contributed by atoms with Crippen LogP contribution in [0.2, 0.25) is 0 Å². The van der Waals surface area contributed by atoms with Gasteiger partial charge in [0.05, 0.1) is 16.9 Å². The smallest absolute Gasteiger partial charge is 0.256 e. The van der Waals surface area contributed by atoms with Crippen LogP contribution in [0.15, 0.2) is 40.9 Å². The third-order valence-electron chi connectivity index (χ3n) is 2.62. The van der Waals surface area contributed by atoms with E-state index in [0.29, 0.717) is 16.9 Å². The van der Waals surface area contributed by atoms with Crippen molar-refractivity contribution >= 4 is 55.8 Å². The fraction of sp³-hybridized carbons (Fsp3) is 0.0714. The Morgan fingerprint density at radius 1 is 1.32 bits per heavy atom. The number of nitrogens with one attached hydrogen (secondary N) is 1. The van der Waals surface area contributed by atoms with Crippen LogP contribution < -0.4 is 11.1 Å². The van der Waals surface area contributed by atoms with E-state index < -0.39 is 0 Å². The summed E-state index contributed by atoms with van der Waals surface area (Å²) in [6.07, 6.45) is 0. The molecule has 0 spiro atoms. The standard InChI is InChI=1S/C14H12BrIN2O/c1-8-6-10(15)13(12(17)7-8)18-14(19)9-4-2-3-5-11(9)16/h2-7H,17H2,1H3,(H,18,19). The van der Waals surface area contributed by atoms with Gasteiger partial charge < -0.3 is 11.1 Å². The molecule has 2 aromatic carbocycles. The molecule has 0 aliphatic carbocycles. The number of anilines is 2. The molecule has 5 heteroatoms. The molecule has 0 saturated carbocycles. The topological polar surface area (TPSA) is 55.1 Å². The fourth-order valence-corrected chi connectivity index (χ4v) is 3.05. The molecule has 0 saturated heterocycles. The summed E-state index contributed by atoms with van der Waals surface area (Å²) in [6, 6.07) is 11.2. The van der Waals surface area contributed by atoms with E-state index in [1.54, 1.807) is 6.07 Å². The average Bonchev–Trinajstić information content (AvgIpc) is 2.34. The van der Waals surface area contributed by atoms with Gasteiger partial charge in [-0.3, -0.25) is 4.79 Å². The van der Waals surface area contributed by atoms with Crippen LogP contribution in [-0.2, 0) is 0 Å². The van der Waals surface area contributed by atoms with Crippen molar-refractivity contribution in [2.75, 3.05) is 11.1 Å². The molecule has 3 nitrogen and oxygen atoms in total. The first kappa shape index (κ1) is 14.3. The molecule has 0 radical (unpaired) electrons. The Morgan fingerprint density at radius 2 is 2.00 bits per heavy atom. The maximum atomic E-state index is 12.2. The molecule has 0 atom stereocenters. The number of hydrogen-bond donors (Lipinski definition) is 2. The van der Waals surface area contributed by atoms with E-state index in [0.717, 1.165) is 13.6 Å². The van der Waals surface area contributed by atoms with E-state index >= 15 is 0 Å². The number of amides is 1. The van der Waals surface area contributed by atoms with E-state index in [-0.39, 0.29) is 5.91 Å². The zero-order valence-corrected chi connectivity index (χ0v) is 13.9. The van der Waals surface area contributed by atoms with Gasteiger partial charge in [-0.25, -0.2) is 0 Å². The predicted molar refractivity (Wildman–Crippen MR) is 90.4 cm³/mol.